The molecule has 2 aromatic carbocycles. The second-order valence-corrected chi connectivity index (χ2v) is 9.31. The molecule has 2 aromatic heterocycles. The molecular weight excluding hydrogens is 489 g/mol. The number of halogens is 2. The second kappa shape index (κ2) is 9.17. The summed E-state index contributed by atoms with van der Waals surface area (Å²) in [5, 5.41) is 14.0. The van der Waals surface area contributed by atoms with E-state index >= 15 is 0 Å². The highest BCUT2D eigenvalue weighted by Gasteiger charge is 2.20. The summed E-state index contributed by atoms with van der Waals surface area (Å²) in [7, 11) is 0. The molecule has 1 saturated carbocycles. The zero-order valence-corrected chi connectivity index (χ0v) is 20.2. The third kappa shape index (κ3) is 4.41. The van der Waals surface area contributed by atoms with Crippen LogP contribution in [0.15, 0.2) is 46.0 Å². The number of benzene rings is 2. The van der Waals surface area contributed by atoms with Crippen molar-refractivity contribution in [3.63, 3.8) is 0 Å². The number of rotatable bonds is 4. The summed E-state index contributed by atoms with van der Waals surface area (Å²) in [4.78, 5) is 30.7. The SMILES string of the molecule is Cc1cc(C2CCCC2)nc2ccc(Oc3c(Cl)cc(-n4nc(C#N)c(=O)[nH]c4=O)cc3Cl)cc12. The predicted molar refractivity (Wildman–Crippen MR) is 133 cm³/mol. The van der Waals surface area contributed by atoms with Crippen molar-refractivity contribution in [2.45, 2.75) is 38.5 Å². The predicted octanol–water partition coefficient (Wildman–Crippen LogP) is 5.41. The van der Waals surface area contributed by atoms with Gasteiger partial charge in [0.05, 0.1) is 21.2 Å². The minimum Gasteiger partial charge on any atom is -0.454 e. The molecule has 35 heavy (non-hydrogen) atoms. The van der Waals surface area contributed by atoms with Gasteiger partial charge in [0, 0.05) is 17.0 Å². The number of pyridine rings is 1. The van der Waals surface area contributed by atoms with Gasteiger partial charge in [0.25, 0.3) is 5.56 Å². The van der Waals surface area contributed by atoms with E-state index in [9.17, 15) is 9.59 Å². The van der Waals surface area contributed by atoms with Crippen LogP contribution in [0.1, 0.15) is 48.6 Å². The number of aromatic amines is 1. The number of hydrogen-bond donors (Lipinski definition) is 1. The van der Waals surface area contributed by atoms with Crippen molar-refractivity contribution in [3.05, 3.63) is 84.2 Å². The van der Waals surface area contributed by atoms with Gasteiger partial charge in [0.15, 0.2) is 5.75 Å². The lowest BCUT2D eigenvalue weighted by molar-refractivity contribution is 0.483. The Morgan fingerprint density at radius 3 is 2.51 bits per heavy atom. The van der Waals surface area contributed by atoms with Crippen LogP contribution in [0, 0.1) is 18.3 Å². The third-order valence-corrected chi connectivity index (χ3v) is 6.72. The first-order valence-electron chi connectivity index (χ1n) is 11.1. The van der Waals surface area contributed by atoms with Gasteiger partial charge in [0.2, 0.25) is 5.69 Å². The van der Waals surface area contributed by atoms with Crippen LogP contribution in [0.4, 0.5) is 0 Å². The zero-order valence-electron chi connectivity index (χ0n) is 18.6. The average molecular weight is 508 g/mol. The first-order valence-corrected chi connectivity index (χ1v) is 11.8. The van der Waals surface area contributed by atoms with E-state index in [0.29, 0.717) is 11.7 Å². The summed E-state index contributed by atoms with van der Waals surface area (Å²) >= 11 is 12.9. The third-order valence-electron chi connectivity index (χ3n) is 6.16. The Morgan fingerprint density at radius 1 is 1.11 bits per heavy atom. The van der Waals surface area contributed by atoms with E-state index in [2.05, 4.69) is 18.1 Å². The quantitative estimate of drug-likeness (QED) is 0.395. The molecule has 2 heterocycles. The molecule has 0 saturated heterocycles. The molecule has 8 nitrogen and oxygen atoms in total. The summed E-state index contributed by atoms with van der Waals surface area (Å²) in [6, 6.07) is 12.2. The van der Waals surface area contributed by atoms with Gasteiger partial charge >= 0.3 is 5.69 Å². The second-order valence-electron chi connectivity index (χ2n) is 8.50. The van der Waals surface area contributed by atoms with Gasteiger partial charge in [-0.15, -0.1) is 5.10 Å². The summed E-state index contributed by atoms with van der Waals surface area (Å²) < 4.78 is 6.85. The molecule has 0 aliphatic heterocycles. The van der Waals surface area contributed by atoms with Crippen molar-refractivity contribution in [2.24, 2.45) is 0 Å². The highest BCUT2D eigenvalue weighted by molar-refractivity contribution is 6.37. The van der Waals surface area contributed by atoms with Crippen LogP contribution in [0.5, 0.6) is 11.5 Å². The Kier molecular flexibility index (Phi) is 6.05. The summed E-state index contributed by atoms with van der Waals surface area (Å²) in [5.41, 5.74) is 1.17. The molecule has 176 valence electrons. The van der Waals surface area contributed by atoms with Crippen molar-refractivity contribution in [3.8, 4) is 23.3 Å². The summed E-state index contributed by atoms with van der Waals surface area (Å²) in [6.45, 7) is 2.06. The molecule has 1 aliphatic carbocycles. The van der Waals surface area contributed by atoms with Crippen LogP contribution in [0.2, 0.25) is 10.0 Å². The van der Waals surface area contributed by atoms with Gasteiger partial charge < -0.3 is 4.74 Å². The Bertz CT molecular complexity index is 1610. The molecule has 1 aliphatic rings. The fourth-order valence-electron chi connectivity index (χ4n) is 4.43. The Balaban J connectivity index is 1.48. The summed E-state index contributed by atoms with van der Waals surface area (Å²) in [5.74, 6) is 1.25. The molecule has 0 unspecified atom stereocenters. The zero-order chi connectivity index (χ0) is 24.7. The van der Waals surface area contributed by atoms with E-state index in [1.807, 2.05) is 17.1 Å². The van der Waals surface area contributed by atoms with E-state index in [1.165, 1.54) is 37.8 Å². The van der Waals surface area contributed by atoms with E-state index < -0.39 is 16.9 Å². The molecule has 0 spiro atoms. The van der Waals surface area contributed by atoms with E-state index in [0.717, 1.165) is 26.8 Å². The highest BCUT2D eigenvalue weighted by atomic mass is 35.5. The number of nitrogens with zero attached hydrogens (tertiary/aromatic N) is 4. The molecule has 0 atom stereocenters. The van der Waals surface area contributed by atoms with Crippen molar-refractivity contribution < 1.29 is 4.74 Å². The lowest BCUT2D eigenvalue weighted by atomic mass is 9.99. The van der Waals surface area contributed by atoms with Gasteiger partial charge in [-0.05, 0) is 61.7 Å². The van der Waals surface area contributed by atoms with Crippen molar-refractivity contribution in [1.29, 1.82) is 5.26 Å². The molecular formula is C25H19Cl2N5O3. The highest BCUT2D eigenvalue weighted by Crippen LogP contribution is 2.39. The number of nitrogens with one attached hydrogen (secondary N) is 1. The molecule has 5 rings (SSSR count). The van der Waals surface area contributed by atoms with Crippen LogP contribution in [0.25, 0.3) is 16.6 Å². The fourth-order valence-corrected chi connectivity index (χ4v) is 4.98. The number of aryl methyl sites for hydroxylation is 1. The Morgan fingerprint density at radius 2 is 1.83 bits per heavy atom. The van der Waals surface area contributed by atoms with Crippen LogP contribution >= 0.6 is 23.2 Å². The van der Waals surface area contributed by atoms with E-state index in [1.54, 1.807) is 12.1 Å². The van der Waals surface area contributed by atoms with Gasteiger partial charge in [0.1, 0.15) is 11.8 Å². The lowest BCUT2D eigenvalue weighted by Crippen LogP contribution is -2.33. The normalized spacial score (nSPS) is 13.8. The molecule has 0 bridgehead atoms. The van der Waals surface area contributed by atoms with Crippen molar-refractivity contribution in [2.75, 3.05) is 0 Å². The first kappa shape index (κ1) is 23.1. The minimum atomic E-state index is -0.873. The van der Waals surface area contributed by atoms with E-state index in [-0.39, 0.29) is 21.5 Å². The van der Waals surface area contributed by atoms with Crippen molar-refractivity contribution in [1.82, 2.24) is 19.7 Å². The molecule has 4 aromatic rings. The van der Waals surface area contributed by atoms with Crippen molar-refractivity contribution >= 4 is 34.1 Å². The maximum absolute atomic E-state index is 12.2. The molecule has 1 fully saturated rings. The first-order chi connectivity index (χ1) is 16.8. The number of ether oxygens (including phenoxy) is 1. The van der Waals surface area contributed by atoms with E-state index in [4.69, 9.17) is 38.2 Å². The maximum atomic E-state index is 12.2. The molecule has 0 radical (unpaired) electrons. The number of fused-ring (bicyclic) bond motifs is 1. The van der Waals surface area contributed by atoms with Gasteiger partial charge in [-0.3, -0.25) is 14.8 Å². The van der Waals surface area contributed by atoms with Gasteiger partial charge in [-0.1, -0.05) is 36.0 Å². The number of H-pyrrole nitrogens is 1. The van der Waals surface area contributed by atoms with Crippen LogP contribution in [-0.4, -0.2) is 19.7 Å². The van der Waals surface area contributed by atoms with Gasteiger partial charge in [-0.25, -0.2) is 4.79 Å². The maximum Gasteiger partial charge on any atom is 0.349 e. The Hall–Kier alpha value is -3.67. The van der Waals surface area contributed by atoms with Crippen LogP contribution < -0.4 is 16.0 Å². The van der Waals surface area contributed by atoms with Gasteiger partial charge in [-0.2, -0.15) is 9.94 Å². The van der Waals surface area contributed by atoms with Crippen LogP contribution in [-0.2, 0) is 0 Å². The number of hydrogen-bond acceptors (Lipinski definition) is 6. The topological polar surface area (TPSA) is 114 Å². The monoisotopic (exact) mass is 507 g/mol. The summed E-state index contributed by atoms with van der Waals surface area (Å²) in [6.07, 6.45) is 4.88. The number of aromatic nitrogens is 4. The van der Waals surface area contributed by atoms with Crippen LogP contribution in [0.3, 0.4) is 0 Å². The molecule has 0 amide bonds. The fraction of sp³-hybridized carbons (Fsp3) is 0.240. The minimum absolute atomic E-state index is 0.123. The molecule has 1 N–H and O–H groups in total. The molecule has 10 heteroatoms. The smallest absolute Gasteiger partial charge is 0.349 e. The lowest BCUT2D eigenvalue weighted by Gasteiger charge is -2.14. The average Bonchev–Trinajstić information content (AvgIpc) is 3.37. The number of nitriles is 1. The standard InChI is InChI=1S/C25H19Cl2N5O3/c1-13-8-21(14-4-2-3-5-14)29-20-7-6-16(11-17(13)20)35-23-18(26)9-15(10-19(23)27)32-25(34)30-24(33)22(12-28)31-32/h6-11,14H,2-5H2,1H3,(H,30,33,34). The Labute approximate surface area is 209 Å². The largest absolute Gasteiger partial charge is 0.454 e.